The highest BCUT2D eigenvalue weighted by Crippen LogP contribution is 2.22. The van der Waals surface area contributed by atoms with Gasteiger partial charge in [0.1, 0.15) is 0 Å². The number of rotatable bonds is 6. The normalized spacial score (nSPS) is 12.3. The highest BCUT2D eigenvalue weighted by Gasteiger charge is 2.16. The second-order valence-electron chi connectivity index (χ2n) is 4.89. The van der Waals surface area contributed by atoms with Gasteiger partial charge < -0.3 is 21.5 Å². The Kier molecular flexibility index (Phi) is 5.63. The lowest BCUT2D eigenvalue weighted by atomic mass is 10.00. The van der Waals surface area contributed by atoms with E-state index >= 15 is 0 Å². The summed E-state index contributed by atoms with van der Waals surface area (Å²) in [7, 11) is 1.59. The van der Waals surface area contributed by atoms with Crippen LogP contribution in [0.25, 0.3) is 0 Å². The first-order valence-electron chi connectivity index (χ1n) is 6.48. The van der Waals surface area contributed by atoms with Crippen molar-refractivity contribution in [2.45, 2.75) is 26.3 Å². The van der Waals surface area contributed by atoms with E-state index in [2.05, 4.69) is 24.5 Å². The molecule has 0 spiro atoms. The van der Waals surface area contributed by atoms with E-state index < -0.39 is 0 Å². The summed E-state index contributed by atoms with van der Waals surface area (Å²) in [6, 6.07) is 5.24. The Bertz CT molecular complexity index is 433. The van der Waals surface area contributed by atoms with Gasteiger partial charge in [0.15, 0.2) is 0 Å². The van der Waals surface area contributed by atoms with Gasteiger partial charge in [0.05, 0.1) is 5.56 Å². The lowest BCUT2D eigenvalue weighted by Crippen LogP contribution is -2.29. The number of aliphatic hydroxyl groups is 1. The number of carbonyl (C=O) groups is 1. The maximum atomic E-state index is 11.8. The molecule has 0 heterocycles. The maximum absolute atomic E-state index is 11.8. The van der Waals surface area contributed by atoms with Crippen molar-refractivity contribution in [1.82, 2.24) is 5.32 Å². The average Bonchev–Trinajstić information content (AvgIpc) is 2.37. The maximum Gasteiger partial charge on any atom is 0.253 e. The van der Waals surface area contributed by atoms with E-state index in [4.69, 9.17) is 10.8 Å². The van der Waals surface area contributed by atoms with E-state index in [-0.39, 0.29) is 18.6 Å². The Morgan fingerprint density at radius 1 is 1.42 bits per heavy atom. The summed E-state index contributed by atoms with van der Waals surface area (Å²) in [5.74, 6) is 0.181. The van der Waals surface area contributed by atoms with Crippen LogP contribution in [0.2, 0.25) is 0 Å². The molecule has 1 aromatic carbocycles. The molecular weight excluding hydrogens is 242 g/mol. The number of amides is 1. The summed E-state index contributed by atoms with van der Waals surface area (Å²) in [6.07, 6.45) is 0.625. The number of aliphatic hydroxyl groups excluding tert-OH is 1. The minimum atomic E-state index is -0.158. The quantitative estimate of drug-likeness (QED) is 0.586. The van der Waals surface area contributed by atoms with Gasteiger partial charge in [-0.3, -0.25) is 4.79 Å². The monoisotopic (exact) mass is 265 g/mol. The highest BCUT2D eigenvalue weighted by molar-refractivity contribution is 6.00. The van der Waals surface area contributed by atoms with Crippen LogP contribution in [0, 0.1) is 5.92 Å². The van der Waals surface area contributed by atoms with Crippen molar-refractivity contribution < 1.29 is 9.90 Å². The molecule has 1 rings (SSSR count). The zero-order valence-electron chi connectivity index (χ0n) is 11.7. The molecule has 106 valence electrons. The fourth-order valence-electron chi connectivity index (χ4n) is 1.92. The summed E-state index contributed by atoms with van der Waals surface area (Å²) < 4.78 is 0. The molecule has 0 aromatic heterocycles. The summed E-state index contributed by atoms with van der Waals surface area (Å²) in [4.78, 5) is 11.8. The van der Waals surface area contributed by atoms with Crippen LogP contribution >= 0.6 is 0 Å². The van der Waals surface area contributed by atoms with E-state index in [1.54, 1.807) is 25.2 Å². The van der Waals surface area contributed by atoms with Crippen molar-refractivity contribution in [2.75, 3.05) is 24.7 Å². The number of hydrogen-bond donors (Lipinski definition) is 4. The largest absolute Gasteiger partial charge is 0.399 e. The molecule has 1 unspecified atom stereocenters. The summed E-state index contributed by atoms with van der Waals surface area (Å²) >= 11 is 0. The molecule has 5 heteroatoms. The molecule has 0 aliphatic carbocycles. The molecule has 0 saturated heterocycles. The molecule has 0 radical (unpaired) electrons. The number of nitrogen functional groups attached to an aromatic ring is 1. The van der Waals surface area contributed by atoms with Gasteiger partial charge in [-0.1, -0.05) is 13.8 Å². The van der Waals surface area contributed by atoms with Gasteiger partial charge in [-0.25, -0.2) is 0 Å². The molecule has 0 fully saturated rings. The first kappa shape index (κ1) is 15.3. The lowest BCUT2D eigenvalue weighted by Gasteiger charge is -2.24. The number of anilines is 2. The minimum Gasteiger partial charge on any atom is -0.399 e. The van der Waals surface area contributed by atoms with E-state index in [0.717, 1.165) is 0 Å². The van der Waals surface area contributed by atoms with E-state index in [1.165, 1.54) is 0 Å². The molecule has 5 nitrogen and oxygen atoms in total. The van der Waals surface area contributed by atoms with E-state index in [9.17, 15) is 4.79 Å². The summed E-state index contributed by atoms with van der Waals surface area (Å²) in [5, 5.41) is 15.0. The van der Waals surface area contributed by atoms with Gasteiger partial charge in [0.25, 0.3) is 5.91 Å². The Morgan fingerprint density at radius 2 is 2.11 bits per heavy atom. The van der Waals surface area contributed by atoms with Crippen LogP contribution in [0.1, 0.15) is 30.6 Å². The van der Waals surface area contributed by atoms with Crippen molar-refractivity contribution in [1.29, 1.82) is 0 Å². The van der Waals surface area contributed by atoms with Crippen LogP contribution in [0.5, 0.6) is 0 Å². The fraction of sp³-hybridized carbons (Fsp3) is 0.500. The second-order valence-corrected chi connectivity index (χ2v) is 4.89. The van der Waals surface area contributed by atoms with Crippen molar-refractivity contribution >= 4 is 17.3 Å². The first-order valence-corrected chi connectivity index (χ1v) is 6.48. The van der Waals surface area contributed by atoms with Gasteiger partial charge in [-0.15, -0.1) is 0 Å². The Balaban J connectivity index is 3.03. The van der Waals surface area contributed by atoms with Gasteiger partial charge >= 0.3 is 0 Å². The van der Waals surface area contributed by atoms with Crippen LogP contribution in [0.3, 0.4) is 0 Å². The Labute approximate surface area is 114 Å². The molecule has 0 aliphatic rings. The van der Waals surface area contributed by atoms with Gasteiger partial charge in [0.2, 0.25) is 0 Å². The van der Waals surface area contributed by atoms with E-state index in [0.29, 0.717) is 29.3 Å². The van der Waals surface area contributed by atoms with Crippen LogP contribution in [0.15, 0.2) is 18.2 Å². The molecule has 0 saturated carbocycles. The third kappa shape index (κ3) is 4.13. The molecule has 19 heavy (non-hydrogen) atoms. The Hall–Kier alpha value is -1.75. The minimum absolute atomic E-state index is 0.0928. The molecule has 1 aromatic rings. The SMILES string of the molecule is CNC(=O)c1ccc(N)cc1NC(CCO)C(C)C. The summed E-state index contributed by atoms with van der Waals surface area (Å²) in [5.41, 5.74) is 7.63. The standard InChI is InChI=1S/C14H23N3O2/c1-9(2)12(6-7-18)17-13-8-10(15)4-5-11(13)14(19)16-3/h4-5,8-9,12,17-18H,6-7,15H2,1-3H3,(H,16,19). The van der Waals surface area contributed by atoms with Gasteiger partial charge in [-0.05, 0) is 30.5 Å². The Morgan fingerprint density at radius 3 is 2.63 bits per heavy atom. The highest BCUT2D eigenvalue weighted by atomic mass is 16.3. The first-order chi connectivity index (χ1) is 8.99. The van der Waals surface area contributed by atoms with E-state index in [1.807, 2.05) is 0 Å². The van der Waals surface area contributed by atoms with Crippen molar-refractivity contribution in [2.24, 2.45) is 5.92 Å². The predicted molar refractivity (Wildman–Crippen MR) is 78.2 cm³/mol. The average molecular weight is 265 g/mol. The molecule has 0 bridgehead atoms. The van der Waals surface area contributed by atoms with Crippen LogP contribution in [-0.2, 0) is 0 Å². The smallest absolute Gasteiger partial charge is 0.253 e. The molecule has 1 amide bonds. The van der Waals surface area contributed by atoms with Gasteiger partial charge in [0, 0.05) is 31.1 Å². The molecule has 1 atom stereocenters. The van der Waals surface area contributed by atoms with Crippen LogP contribution in [0.4, 0.5) is 11.4 Å². The number of nitrogens with one attached hydrogen (secondary N) is 2. The number of benzene rings is 1. The number of nitrogens with two attached hydrogens (primary N) is 1. The fourth-order valence-corrected chi connectivity index (χ4v) is 1.92. The van der Waals surface area contributed by atoms with Crippen molar-refractivity contribution in [3.05, 3.63) is 23.8 Å². The van der Waals surface area contributed by atoms with Crippen LogP contribution in [-0.4, -0.2) is 30.7 Å². The number of hydrogen-bond acceptors (Lipinski definition) is 4. The second kappa shape index (κ2) is 6.99. The van der Waals surface area contributed by atoms with Crippen molar-refractivity contribution in [3.8, 4) is 0 Å². The molecular formula is C14H23N3O2. The zero-order valence-corrected chi connectivity index (χ0v) is 11.7. The third-order valence-electron chi connectivity index (χ3n) is 3.10. The summed E-state index contributed by atoms with van der Waals surface area (Å²) in [6.45, 7) is 4.24. The molecule has 5 N–H and O–H groups in total. The molecule has 0 aliphatic heterocycles. The third-order valence-corrected chi connectivity index (χ3v) is 3.10. The van der Waals surface area contributed by atoms with Crippen molar-refractivity contribution in [3.63, 3.8) is 0 Å². The van der Waals surface area contributed by atoms with Gasteiger partial charge in [-0.2, -0.15) is 0 Å². The van der Waals surface area contributed by atoms with Crippen LogP contribution < -0.4 is 16.4 Å². The zero-order chi connectivity index (χ0) is 14.4. The predicted octanol–water partition coefficient (Wildman–Crippen LogP) is 1.45. The lowest BCUT2D eigenvalue weighted by molar-refractivity contribution is 0.0964. The number of carbonyl (C=O) groups excluding carboxylic acids is 1. The topological polar surface area (TPSA) is 87.4 Å².